The molecule has 2 aromatic carbocycles. The number of aromatic nitrogens is 1. The number of quaternary nitrogens is 1. The zero-order valence-electron chi connectivity index (χ0n) is 32.6. The molecule has 0 radical (unpaired) electrons. The normalized spacial score (nSPS) is 15.2. The fourth-order valence-corrected chi connectivity index (χ4v) is 6.38. The Balaban J connectivity index is 1.86. The van der Waals surface area contributed by atoms with Crippen molar-refractivity contribution in [3.63, 3.8) is 0 Å². The Hall–Kier alpha value is -4.12. The second kappa shape index (κ2) is 23.6. The minimum Gasteiger partial charge on any atom is -0.349 e. The third kappa shape index (κ3) is 16.1. The minimum atomic E-state index is -4.58. The molecule has 5 atom stereocenters. The SMILES string of the molecule is C[N+](CCC[C@H](NC(=O)C(N)CS)C(=O)N[C@H](Cc1ccc(C(F)(F)F)cc1)C(=O)Nc1cnc2ccccc2c1)(CCNC(=O)C(N)CS)CCNC(=O)C(N)CS. The van der Waals surface area contributed by atoms with Crippen molar-refractivity contribution in [3.8, 4) is 0 Å². The van der Waals surface area contributed by atoms with Crippen LogP contribution in [0.15, 0.2) is 60.8 Å². The van der Waals surface area contributed by atoms with Crippen molar-refractivity contribution in [2.24, 2.45) is 17.2 Å². The van der Waals surface area contributed by atoms with Crippen molar-refractivity contribution < 1.29 is 41.6 Å². The van der Waals surface area contributed by atoms with E-state index in [0.717, 1.165) is 17.5 Å². The Morgan fingerprint density at radius 2 is 1.27 bits per heavy atom. The minimum absolute atomic E-state index is 0.0287. The third-order valence-electron chi connectivity index (χ3n) is 9.54. The van der Waals surface area contributed by atoms with Crippen LogP contribution in [0, 0.1) is 0 Å². The second-order valence-corrected chi connectivity index (χ2v) is 15.4. The number of nitrogens with zero attached hydrogens (tertiary/aromatic N) is 2. The van der Waals surface area contributed by atoms with Crippen molar-refractivity contribution in [1.82, 2.24) is 26.3 Å². The van der Waals surface area contributed by atoms with E-state index in [1.165, 1.54) is 18.3 Å². The molecule has 5 amide bonds. The number of nitrogens with two attached hydrogens (primary N) is 3. The first kappa shape index (κ1) is 49.2. The Labute approximate surface area is 357 Å². The van der Waals surface area contributed by atoms with Crippen molar-refractivity contribution in [1.29, 1.82) is 0 Å². The van der Waals surface area contributed by atoms with E-state index in [2.05, 4.69) is 69.5 Å². The Bertz CT molecular complexity index is 1850. The summed E-state index contributed by atoms with van der Waals surface area (Å²) in [6, 6.07) is 7.90. The maximum atomic E-state index is 14.1. The molecule has 0 bridgehead atoms. The summed E-state index contributed by atoms with van der Waals surface area (Å²) >= 11 is 12.2. The smallest absolute Gasteiger partial charge is 0.349 e. The van der Waals surface area contributed by atoms with E-state index >= 15 is 0 Å². The number of benzene rings is 2. The highest BCUT2D eigenvalue weighted by Gasteiger charge is 2.32. The van der Waals surface area contributed by atoms with E-state index in [4.69, 9.17) is 17.2 Å². The van der Waals surface area contributed by atoms with Crippen LogP contribution in [0.3, 0.4) is 0 Å². The molecule has 21 heteroatoms. The van der Waals surface area contributed by atoms with Crippen molar-refractivity contribution in [2.45, 2.75) is 55.6 Å². The van der Waals surface area contributed by atoms with Crippen LogP contribution >= 0.6 is 37.9 Å². The number of amides is 5. The average molecular weight is 884 g/mol. The fourth-order valence-electron chi connectivity index (χ4n) is 5.88. The van der Waals surface area contributed by atoms with Gasteiger partial charge in [0.15, 0.2) is 0 Å². The average Bonchev–Trinajstić information content (AvgIpc) is 3.21. The lowest BCUT2D eigenvalue weighted by atomic mass is 10.0. The van der Waals surface area contributed by atoms with Crippen LogP contribution in [-0.2, 0) is 36.6 Å². The van der Waals surface area contributed by atoms with E-state index in [1.807, 2.05) is 13.1 Å². The van der Waals surface area contributed by atoms with E-state index in [-0.39, 0.29) is 55.0 Å². The summed E-state index contributed by atoms with van der Waals surface area (Å²) in [4.78, 5) is 70.0. The highest BCUT2D eigenvalue weighted by molar-refractivity contribution is 7.80. The molecule has 0 aliphatic carbocycles. The first-order chi connectivity index (χ1) is 27.9. The molecule has 0 saturated carbocycles. The number of para-hydroxylation sites is 1. The van der Waals surface area contributed by atoms with Gasteiger partial charge in [-0.05, 0) is 42.7 Å². The molecule has 0 aliphatic rings. The fraction of sp³-hybridized carbons (Fsp3) is 0.474. The van der Waals surface area contributed by atoms with Gasteiger partial charge in [0.1, 0.15) is 12.1 Å². The molecular weight excluding hydrogens is 830 g/mol. The molecule has 0 aliphatic heterocycles. The number of likely N-dealkylation sites (N-methyl/N-ethyl adjacent to an activating group) is 1. The van der Waals surface area contributed by atoms with Gasteiger partial charge in [-0.2, -0.15) is 51.1 Å². The van der Waals surface area contributed by atoms with Gasteiger partial charge >= 0.3 is 6.18 Å². The summed E-state index contributed by atoms with van der Waals surface area (Å²) in [5, 5.41) is 14.4. The molecule has 3 aromatic rings. The number of hydrogen-bond acceptors (Lipinski definition) is 12. The zero-order chi connectivity index (χ0) is 43.8. The van der Waals surface area contributed by atoms with Gasteiger partial charge in [0, 0.05) is 29.1 Å². The molecule has 0 spiro atoms. The summed E-state index contributed by atoms with van der Waals surface area (Å²) in [5.74, 6) is -2.60. The quantitative estimate of drug-likeness (QED) is 0.0473. The number of hydrogen-bond donors (Lipinski definition) is 11. The van der Waals surface area contributed by atoms with Gasteiger partial charge in [-0.25, -0.2) is 0 Å². The molecule has 324 valence electrons. The van der Waals surface area contributed by atoms with Crippen LogP contribution in [0.4, 0.5) is 18.9 Å². The summed E-state index contributed by atoms with van der Waals surface area (Å²) in [5.41, 5.74) is 18.0. The van der Waals surface area contributed by atoms with Crippen molar-refractivity contribution >= 4 is 84.0 Å². The number of carbonyl (C=O) groups excluding carboxylic acids is 5. The first-order valence-corrected chi connectivity index (χ1v) is 20.7. The van der Waals surface area contributed by atoms with Crippen LogP contribution < -0.4 is 43.8 Å². The van der Waals surface area contributed by atoms with Crippen molar-refractivity contribution in [2.75, 3.05) is 62.3 Å². The first-order valence-electron chi connectivity index (χ1n) is 18.8. The van der Waals surface area contributed by atoms with Gasteiger partial charge in [-0.1, -0.05) is 30.3 Å². The van der Waals surface area contributed by atoms with Crippen LogP contribution in [0.5, 0.6) is 0 Å². The van der Waals surface area contributed by atoms with Gasteiger partial charge in [0.25, 0.3) is 0 Å². The summed E-state index contributed by atoms with van der Waals surface area (Å²) in [6.45, 7) is 1.64. The largest absolute Gasteiger partial charge is 0.416 e. The lowest BCUT2D eigenvalue weighted by Gasteiger charge is -2.35. The Morgan fingerprint density at radius 1 is 0.729 bits per heavy atom. The maximum absolute atomic E-state index is 14.1. The number of alkyl halides is 3. The molecular formula is C38H54F3N10O5S3+. The van der Waals surface area contributed by atoms with E-state index in [0.29, 0.717) is 47.3 Å². The van der Waals surface area contributed by atoms with Gasteiger partial charge in [0.05, 0.1) is 80.9 Å². The zero-order valence-corrected chi connectivity index (χ0v) is 35.3. The lowest BCUT2D eigenvalue weighted by molar-refractivity contribution is -0.907. The number of thiol groups is 3. The highest BCUT2D eigenvalue weighted by atomic mass is 32.1. The topological polar surface area (TPSA) is 236 Å². The molecule has 3 unspecified atom stereocenters. The molecule has 0 saturated heterocycles. The van der Waals surface area contributed by atoms with Gasteiger partial charge in [-0.3, -0.25) is 29.0 Å². The number of carbonyl (C=O) groups is 5. The van der Waals surface area contributed by atoms with Crippen molar-refractivity contribution in [3.05, 3.63) is 71.9 Å². The van der Waals surface area contributed by atoms with Crippen LogP contribution in [0.1, 0.15) is 24.0 Å². The predicted molar refractivity (Wildman–Crippen MR) is 231 cm³/mol. The summed E-state index contributed by atoms with van der Waals surface area (Å²) in [7, 11) is 1.89. The van der Waals surface area contributed by atoms with Gasteiger partial charge < -0.3 is 48.3 Å². The molecule has 11 N–H and O–H groups in total. The number of halogens is 3. The molecule has 1 aromatic heterocycles. The molecule has 0 fully saturated rings. The standard InChI is InChI=1S/C38H53F3N10O5S3/c1-51(15-12-45-33(52)27(42)20-57,16-13-46-34(53)28(43)21-58)14-4-7-31(49-35(54)29(44)22-59)36(55)50-32(17-23-8-10-25(11-9-23)38(39,40)41)37(56)48-26-18-24-5-2-3-6-30(24)47-19-26/h2-3,5-6,8-11,18-19,27-29,31-32H,4,7,12-17,20-22,42-44H2,1H3,(H7-,45,46,48,49,50,52,53,54,55,56,57,58,59)/p+1/t27?,28?,29?,31-,32+,51?/m0/s1. The number of fused-ring (bicyclic) bond motifs is 1. The highest BCUT2D eigenvalue weighted by Crippen LogP contribution is 2.29. The molecule has 59 heavy (non-hydrogen) atoms. The number of pyridine rings is 1. The van der Waals surface area contributed by atoms with E-state index in [1.54, 1.807) is 24.3 Å². The Morgan fingerprint density at radius 3 is 1.83 bits per heavy atom. The number of anilines is 1. The monoisotopic (exact) mass is 883 g/mol. The number of rotatable bonds is 23. The predicted octanol–water partition coefficient (Wildman–Crippen LogP) is 0.635. The van der Waals surface area contributed by atoms with E-state index in [9.17, 15) is 37.1 Å². The molecule has 1 heterocycles. The van der Waals surface area contributed by atoms with Crippen LogP contribution in [0.25, 0.3) is 10.9 Å². The third-order valence-corrected chi connectivity index (χ3v) is 10.7. The Kier molecular flexibility index (Phi) is 19.7. The lowest BCUT2D eigenvalue weighted by Crippen LogP contribution is -2.57. The van der Waals surface area contributed by atoms with Gasteiger partial charge in [-0.15, -0.1) is 0 Å². The van der Waals surface area contributed by atoms with Crippen LogP contribution in [0.2, 0.25) is 0 Å². The van der Waals surface area contributed by atoms with Gasteiger partial charge in [0.2, 0.25) is 29.5 Å². The summed E-state index contributed by atoms with van der Waals surface area (Å²) < 4.78 is 40.3. The van der Waals surface area contributed by atoms with E-state index < -0.39 is 59.7 Å². The second-order valence-electron chi connectivity index (χ2n) is 14.3. The molecule has 3 rings (SSSR count). The van der Waals surface area contributed by atoms with Crippen LogP contribution in [-0.4, -0.2) is 126 Å². The number of nitrogens with one attached hydrogen (secondary N) is 5. The summed E-state index contributed by atoms with van der Waals surface area (Å²) in [6.07, 6.45) is -2.97. The molecule has 15 nitrogen and oxygen atoms in total. The maximum Gasteiger partial charge on any atom is 0.416 e.